The van der Waals surface area contributed by atoms with E-state index in [0.29, 0.717) is 11.6 Å². The van der Waals surface area contributed by atoms with Gasteiger partial charge in [-0.05, 0) is 0 Å². The van der Waals surface area contributed by atoms with Crippen molar-refractivity contribution in [3.63, 3.8) is 0 Å². The summed E-state index contributed by atoms with van der Waals surface area (Å²) in [5.41, 5.74) is 13.3. The van der Waals surface area contributed by atoms with Crippen molar-refractivity contribution in [2.24, 2.45) is 7.05 Å². The second-order valence-corrected chi connectivity index (χ2v) is 2.94. The van der Waals surface area contributed by atoms with Gasteiger partial charge in [-0.3, -0.25) is 0 Å². The highest BCUT2D eigenvalue weighted by Gasteiger charge is 2.11. The molecular weight excluding hydrogens is 168 g/mol. The van der Waals surface area contributed by atoms with E-state index in [1.165, 1.54) is 0 Å². The Labute approximate surface area is 75.4 Å². The average molecular weight is 180 g/mol. The van der Waals surface area contributed by atoms with Crippen LogP contribution < -0.4 is 16.3 Å². The SMILES string of the molecule is COn1c(N)cc2c1cc(N)n2C. The van der Waals surface area contributed by atoms with Crippen LogP contribution >= 0.6 is 0 Å². The van der Waals surface area contributed by atoms with Gasteiger partial charge in [0.2, 0.25) is 0 Å². The summed E-state index contributed by atoms with van der Waals surface area (Å²) in [6.45, 7) is 0. The number of anilines is 2. The van der Waals surface area contributed by atoms with E-state index < -0.39 is 0 Å². The van der Waals surface area contributed by atoms with Crippen molar-refractivity contribution >= 4 is 22.7 Å². The molecule has 2 rings (SSSR count). The molecule has 0 atom stereocenters. The van der Waals surface area contributed by atoms with Crippen molar-refractivity contribution < 1.29 is 4.84 Å². The summed E-state index contributed by atoms with van der Waals surface area (Å²) in [5.74, 6) is 1.26. The van der Waals surface area contributed by atoms with Gasteiger partial charge in [0.15, 0.2) is 0 Å². The molecule has 13 heavy (non-hydrogen) atoms. The van der Waals surface area contributed by atoms with E-state index >= 15 is 0 Å². The average Bonchev–Trinajstić information content (AvgIpc) is 2.52. The minimum atomic E-state index is 0.572. The summed E-state index contributed by atoms with van der Waals surface area (Å²) in [7, 11) is 3.45. The van der Waals surface area contributed by atoms with Gasteiger partial charge in [-0.2, -0.15) is 4.73 Å². The number of aryl methyl sites for hydroxylation is 1. The molecule has 0 aliphatic carbocycles. The predicted molar refractivity (Wildman–Crippen MR) is 52.2 cm³/mol. The van der Waals surface area contributed by atoms with Gasteiger partial charge in [0, 0.05) is 19.2 Å². The molecule has 0 unspecified atom stereocenters. The Morgan fingerprint density at radius 2 is 1.77 bits per heavy atom. The highest BCUT2D eigenvalue weighted by molar-refractivity contribution is 5.85. The standard InChI is InChI=1S/C8H12N4O/c1-11-5-3-8(10)12(13-2)6(5)4-7(11)9/h3-4H,9-10H2,1-2H3. The lowest BCUT2D eigenvalue weighted by molar-refractivity contribution is 0.184. The minimum Gasteiger partial charge on any atom is -0.415 e. The van der Waals surface area contributed by atoms with Crippen LogP contribution in [0.4, 0.5) is 11.6 Å². The molecule has 0 bridgehead atoms. The predicted octanol–water partition coefficient (Wildman–Crippen LogP) is 0.203. The zero-order valence-electron chi connectivity index (χ0n) is 7.61. The third-order valence-corrected chi connectivity index (χ3v) is 2.22. The van der Waals surface area contributed by atoms with Crippen molar-refractivity contribution in [1.29, 1.82) is 0 Å². The number of hydrogen-bond donors (Lipinski definition) is 2. The van der Waals surface area contributed by atoms with Crippen LogP contribution in [0.15, 0.2) is 12.1 Å². The van der Waals surface area contributed by atoms with Gasteiger partial charge in [0.1, 0.15) is 24.3 Å². The second kappa shape index (κ2) is 2.35. The van der Waals surface area contributed by atoms with Crippen molar-refractivity contribution in [1.82, 2.24) is 9.30 Å². The summed E-state index contributed by atoms with van der Waals surface area (Å²) < 4.78 is 3.41. The van der Waals surface area contributed by atoms with Gasteiger partial charge in [-0.1, -0.05) is 0 Å². The van der Waals surface area contributed by atoms with E-state index in [1.807, 2.05) is 23.7 Å². The van der Waals surface area contributed by atoms with Crippen LogP contribution in [0.2, 0.25) is 0 Å². The van der Waals surface area contributed by atoms with Gasteiger partial charge >= 0.3 is 0 Å². The minimum absolute atomic E-state index is 0.572. The Morgan fingerprint density at radius 1 is 1.15 bits per heavy atom. The van der Waals surface area contributed by atoms with Crippen LogP contribution in [0.1, 0.15) is 0 Å². The van der Waals surface area contributed by atoms with E-state index in [2.05, 4.69) is 0 Å². The molecule has 0 radical (unpaired) electrons. The van der Waals surface area contributed by atoms with Gasteiger partial charge in [0.05, 0.1) is 5.52 Å². The monoisotopic (exact) mass is 180 g/mol. The van der Waals surface area contributed by atoms with E-state index in [9.17, 15) is 0 Å². The second-order valence-electron chi connectivity index (χ2n) is 2.94. The number of nitrogen functional groups attached to an aromatic ring is 2. The summed E-state index contributed by atoms with van der Waals surface area (Å²) in [6.07, 6.45) is 0. The molecule has 2 aromatic heterocycles. The lowest BCUT2D eigenvalue weighted by Gasteiger charge is -2.01. The van der Waals surface area contributed by atoms with E-state index in [0.717, 1.165) is 11.0 Å². The summed E-state index contributed by atoms with van der Waals surface area (Å²) in [4.78, 5) is 5.09. The Bertz CT molecular complexity index is 454. The fraction of sp³-hybridized carbons (Fsp3) is 0.250. The molecular formula is C8H12N4O. The lowest BCUT2D eigenvalue weighted by Crippen LogP contribution is -2.08. The first kappa shape index (κ1) is 7.85. The quantitative estimate of drug-likeness (QED) is 0.658. The zero-order valence-corrected chi connectivity index (χ0v) is 7.61. The van der Waals surface area contributed by atoms with Crippen molar-refractivity contribution in [2.75, 3.05) is 18.6 Å². The fourth-order valence-electron chi connectivity index (χ4n) is 1.50. The van der Waals surface area contributed by atoms with Crippen LogP contribution in [-0.2, 0) is 7.05 Å². The first-order valence-electron chi connectivity index (χ1n) is 3.91. The normalized spacial score (nSPS) is 10.9. The van der Waals surface area contributed by atoms with Gasteiger partial charge in [-0.15, -0.1) is 0 Å². The molecule has 0 aliphatic heterocycles. The maximum Gasteiger partial charge on any atom is 0.142 e. The third kappa shape index (κ3) is 0.867. The number of nitrogens with zero attached hydrogens (tertiary/aromatic N) is 2. The molecule has 5 heteroatoms. The highest BCUT2D eigenvalue weighted by Crippen LogP contribution is 2.24. The van der Waals surface area contributed by atoms with Crippen molar-refractivity contribution in [3.05, 3.63) is 12.1 Å². The largest absolute Gasteiger partial charge is 0.415 e. The Balaban J connectivity index is 2.84. The van der Waals surface area contributed by atoms with Gasteiger partial charge in [0.25, 0.3) is 0 Å². The summed E-state index contributed by atoms with van der Waals surface area (Å²) in [5, 5.41) is 0. The fourth-order valence-corrected chi connectivity index (χ4v) is 1.50. The maximum absolute atomic E-state index is 5.72. The Kier molecular flexibility index (Phi) is 1.42. The van der Waals surface area contributed by atoms with Crippen LogP contribution in [-0.4, -0.2) is 16.4 Å². The van der Waals surface area contributed by atoms with Crippen LogP contribution in [0.5, 0.6) is 0 Å². The van der Waals surface area contributed by atoms with Gasteiger partial charge < -0.3 is 20.9 Å². The number of hydrogen-bond acceptors (Lipinski definition) is 3. The topological polar surface area (TPSA) is 71.1 Å². The summed E-state index contributed by atoms with van der Waals surface area (Å²) in [6, 6.07) is 3.66. The molecule has 2 heterocycles. The summed E-state index contributed by atoms with van der Waals surface area (Å²) >= 11 is 0. The maximum atomic E-state index is 5.72. The molecule has 0 amide bonds. The number of aromatic nitrogens is 2. The molecule has 0 spiro atoms. The zero-order chi connectivity index (χ0) is 9.59. The van der Waals surface area contributed by atoms with E-state index in [1.54, 1.807) is 11.8 Å². The molecule has 70 valence electrons. The third-order valence-electron chi connectivity index (χ3n) is 2.22. The van der Waals surface area contributed by atoms with Crippen LogP contribution in [0, 0.1) is 0 Å². The Morgan fingerprint density at radius 3 is 2.38 bits per heavy atom. The van der Waals surface area contributed by atoms with Gasteiger partial charge in [-0.25, -0.2) is 0 Å². The molecule has 0 saturated heterocycles. The molecule has 4 N–H and O–H groups in total. The van der Waals surface area contributed by atoms with Crippen molar-refractivity contribution in [2.45, 2.75) is 0 Å². The lowest BCUT2D eigenvalue weighted by atomic mass is 10.5. The molecule has 2 aromatic rings. The molecule has 0 aliphatic rings. The van der Waals surface area contributed by atoms with E-state index in [-0.39, 0.29) is 0 Å². The first-order chi connectivity index (χ1) is 6.15. The molecule has 0 aromatic carbocycles. The first-order valence-corrected chi connectivity index (χ1v) is 3.91. The smallest absolute Gasteiger partial charge is 0.142 e. The number of rotatable bonds is 1. The van der Waals surface area contributed by atoms with Crippen LogP contribution in [0.3, 0.4) is 0 Å². The number of fused-ring (bicyclic) bond motifs is 1. The number of nitrogens with two attached hydrogens (primary N) is 2. The molecule has 0 saturated carbocycles. The van der Waals surface area contributed by atoms with Crippen molar-refractivity contribution in [3.8, 4) is 0 Å². The Hall–Kier alpha value is -1.78. The molecule has 5 nitrogen and oxygen atoms in total. The molecule has 0 fully saturated rings. The van der Waals surface area contributed by atoms with E-state index in [4.69, 9.17) is 16.3 Å². The highest BCUT2D eigenvalue weighted by atomic mass is 16.6. The van der Waals surface area contributed by atoms with Crippen LogP contribution in [0.25, 0.3) is 11.0 Å².